The van der Waals surface area contributed by atoms with Crippen molar-refractivity contribution in [2.75, 3.05) is 24.3 Å². The standard InChI is InChI=1S/C13H16N2O6S/c1-21-11-4-9(13(17)18)3-10(5-11)15-6-8(2-12(15)16)7-22(14,19)20/h3-5,8H,2,6-7H2,1H3,(H,17,18)(H2,14,19,20). The third-order valence-electron chi connectivity index (χ3n) is 3.36. The number of sulfonamides is 1. The van der Waals surface area contributed by atoms with E-state index in [0.29, 0.717) is 11.4 Å². The Morgan fingerprint density at radius 2 is 2.14 bits per heavy atom. The molecule has 22 heavy (non-hydrogen) atoms. The van der Waals surface area contributed by atoms with Crippen LogP contribution < -0.4 is 14.8 Å². The van der Waals surface area contributed by atoms with Crippen LogP contribution in [0.2, 0.25) is 0 Å². The van der Waals surface area contributed by atoms with Gasteiger partial charge < -0.3 is 14.7 Å². The second-order valence-electron chi connectivity index (χ2n) is 5.13. The molecule has 2 rings (SSSR count). The number of benzene rings is 1. The van der Waals surface area contributed by atoms with Gasteiger partial charge >= 0.3 is 5.97 Å². The number of carboxylic acid groups (broad SMARTS) is 1. The van der Waals surface area contributed by atoms with Crippen LogP contribution in [0.25, 0.3) is 0 Å². The predicted octanol–water partition coefficient (Wildman–Crippen LogP) is 0.0348. The number of anilines is 1. The number of rotatable bonds is 5. The van der Waals surface area contributed by atoms with E-state index in [9.17, 15) is 18.0 Å². The van der Waals surface area contributed by atoms with E-state index in [1.165, 1.54) is 30.2 Å². The molecule has 0 saturated carbocycles. The number of hydrogen-bond acceptors (Lipinski definition) is 5. The van der Waals surface area contributed by atoms with E-state index in [4.69, 9.17) is 15.0 Å². The number of methoxy groups -OCH3 is 1. The first-order valence-corrected chi connectivity index (χ1v) is 8.14. The van der Waals surface area contributed by atoms with Gasteiger partial charge in [-0.3, -0.25) is 4.79 Å². The summed E-state index contributed by atoms with van der Waals surface area (Å²) in [6, 6.07) is 4.22. The maximum atomic E-state index is 12.1. The number of carbonyl (C=O) groups excluding carboxylic acids is 1. The summed E-state index contributed by atoms with van der Waals surface area (Å²) in [6.07, 6.45) is 0.0516. The first-order valence-electron chi connectivity index (χ1n) is 6.43. The number of amides is 1. The van der Waals surface area contributed by atoms with Gasteiger partial charge in [-0.15, -0.1) is 0 Å². The highest BCUT2D eigenvalue weighted by atomic mass is 32.2. The van der Waals surface area contributed by atoms with E-state index < -0.39 is 21.9 Å². The molecule has 1 aromatic carbocycles. The van der Waals surface area contributed by atoms with Crippen LogP contribution in [0.15, 0.2) is 18.2 Å². The molecule has 0 spiro atoms. The van der Waals surface area contributed by atoms with Crippen molar-refractivity contribution < 1.29 is 27.9 Å². The average Bonchev–Trinajstić information content (AvgIpc) is 2.76. The van der Waals surface area contributed by atoms with Crippen LogP contribution >= 0.6 is 0 Å². The van der Waals surface area contributed by atoms with Crippen molar-refractivity contribution in [3.8, 4) is 5.75 Å². The number of hydrogen-bond donors (Lipinski definition) is 2. The minimum Gasteiger partial charge on any atom is -0.497 e. The lowest BCUT2D eigenvalue weighted by atomic mass is 10.1. The minimum absolute atomic E-state index is 0.0166. The SMILES string of the molecule is COc1cc(C(=O)O)cc(N2CC(CS(N)(=O)=O)CC2=O)c1. The molecular formula is C13H16N2O6S. The predicted molar refractivity (Wildman–Crippen MR) is 78.4 cm³/mol. The maximum Gasteiger partial charge on any atom is 0.335 e. The molecule has 0 aromatic heterocycles. The zero-order valence-electron chi connectivity index (χ0n) is 11.9. The quantitative estimate of drug-likeness (QED) is 0.785. The monoisotopic (exact) mass is 328 g/mol. The molecule has 1 unspecified atom stereocenters. The van der Waals surface area contributed by atoms with Crippen molar-refractivity contribution in [1.82, 2.24) is 0 Å². The summed E-state index contributed by atoms with van der Waals surface area (Å²) in [5, 5.41) is 14.1. The van der Waals surface area contributed by atoms with Crippen LogP contribution in [0.4, 0.5) is 5.69 Å². The first-order chi connectivity index (χ1) is 10.2. The summed E-state index contributed by atoms with van der Waals surface area (Å²) in [5.41, 5.74) is 0.343. The highest BCUT2D eigenvalue weighted by molar-refractivity contribution is 7.89. The highest BCUT2D eigenvalue weighted by Crippen LogP contribution is 2.30. The zero-order chi connectivity index (χ0) is 16.5. The first kappa shape index (κ1) is 16.2. The fourth-order valence-electron chi connectivity index (χ4n) is 2.45. The minimum atomic E-state index is -3.67. The van der Waals surface area contributed by atoms with Crippen molar-refractivity contribution in [2.45, 2.75) is 6.42 Å². The summed E-state index contributed by atoms with van der Waals surface area (Å²) in [7, 11) is -2.28. The number of nitrogens with two attached hydrogens (primary N) is 1. The van der Waals surface area contributed by atoms with Crippen molar-refractivity contribution in [3.63, 3.8) is 0 Å². The summed E-state index contributed by atoms with van der Waals surface area (Å²) >= 11 is 0. The molecule has 1 fully saturated rings. The molecule has 0 radical (unpaired) electrons. The Morgan fingerprint density at radius 3 is 2.68 bits per heavy atom. The molecule has 1 heterocycles. The lowest BCUT2D eigenvalue weighted by molar-refractivity contribution is -0.117. The summed E-state index contributed by atoms with van der Waals surface area (Å²) in [6.45, 7) is 0.168. The van der Waals surface area contributed by atoms with Gasteiger partial charge in [-0.25, -0.2) is 18.4 Å². The summed E-state index contributed by atoms with van der Waals surface area (Å²) in [4.78, 5) is 24.5. The van der Waals surface area contributed by atoms with Crippen LogP contribution in [0, 0.1) is 5.92 Å². The van der Waals surface area contributed by atoms with E-state index >= 15 is 0 Å². The van der Waals surface area contributed by atoms with Gasteiger partial charge in [0.25, 0.3) is 0 Å². The van der Waals surface area contributed by atoms with Crippen molar-refractivity contribution in [1.29, 1.82) is 0 Å². The van der Waals surface area contributed by atoms with Crippen molar-refractivity contribution in [2.24, 2.45) is 11.1 Å². The van der Waals surface area contributed by atoms with Gasteiger partial charge in [0.05, 0.1) is 18.4 Å². The number of primary sulfonamides is 1. The second kappa shape index (κ2) is 5.93. The van der Waals surface area contributed by atoms with Gasteiger partial charge in [0.15, 0.2) is 0 Å². The number of carboxylic acids is 1. The molecule has 1 aliphatic heterocycles. The molecule has 8 nitrogen and oxygen atoms in total. The number of carbonyl (C=O) groups is 2. The lowest BCUT2D eigenvalue weighted by Crippen LogP contribution is -2.27. The van der Waals surface area contributed by atoms with Crippen LogP contribution in [0.3, 0.4) is 0 Å². The fourth-order valence-corrected chi connectivity index (χ4v) is 3.33. The summed E-state index contributed by atoms with van der Waals surface area (Å²) < 4.78 is 27.3. The maximum absolute atomic E-state index is 12.1. The molecule has 120 valence electrons. The Morgan fingerprint density at radius 1 is 1.45 bits per heavy atom. The van der Waals surface area contributed by atoms with Crippen LogP contribution in [0.5, 0.6) is 5.75 Å². The fraction of sp³-hybridized carbons (Fsp3) is 0.385. The van der Waals surface area contributed by atoms with E-state index in [-0.39, 0.29) is 30.2 Å². The molecule has 9 heteroatoms. The van der Waals surface area contributed by atoms with Gasteiger partial charge in [-0.1, -0.05) is 0 Å². The van der Waals surface area contributed by atoms with E-state index in [1.54, 1.807) is 0 Å². The largest absolute Gasteiger partial charge is 0.497 e. The van der Waals surface area contributed by atoms with Gasteiger partial charge in [0, 0.05) is 30.6 Å². The van der Waals surface area contributed by atoms with E-state index in [0.717, 1.165) is 0 Å². The zero-order valence-corrected chi connectivity index (χ0v) is 12.7. The molecule has 3 N–H and O–H groups in total. The molecular weight excluding hydrogens is 312 g/mol. The van der Waals surface area contributed by atoms with Gasteiger partial charge in [-0.2, -0.15) is 0 Å². The third-order valence-corrected chi connectivity index (χ3v) is 4.29. The van der Waals surface area contributed by atoms with Gasteiger partial charge in [-0.05, 0) is 12.1 Å². The smallest absolute Gasteiger partial charge is 0.335 e. The highest BCUT2D eigenvalue weighted by Gasteiger charge is 2.33. The van der Waals surface area contributed by atoms with Crippen LogP contribution in [0.1, 0.15) is 16.8 Å². The van der Waals surface area contributed by atoms with Crippen molar-refractivity contribution >= 4 is 27.6 Å². The van der Waals surface area contributed by atoms with Gasteiger partial charge in [0.1, 0.15) is 5.75 Å². The number of nitrogens with zero attached hydrogens (tertiary/aromatic N) is 1. The van der Waals surface area contributed by atoms with Crippen LogP contribution in [-0.4, -0.2) is 44.8 Å². The average molecular weight is 328 g/mol. The molecule has 0 aliphatic carbocycles. The molecule has 1 atom stereocenters. The van der Waals surface area contributed by atoms with Crippen molar-refractivity contribution in [3.05, 3.63) is 23.8 Å². The molecule has 1 saturated heterocycles. The molecule has 1 aliphatic rings. The Balaban J connectivity index is 2.30. The molecule has 0 bridgehead atoms. The van der Waals surface area contributed by atoms with Gasteiger partial charge in [0.2, 0.25) is 15.9 Å². The van der Waals surface area contributed by atoms with Crippen LogP contribution in [-0.2, 0) is 14.8 Å². The normalized spacial score (nSPS) is 18.5. The van der Waals surface area contributed by atoms with E-state index in [2.05, 4.69) is 0 Å². The lowest BCUT2D eigenvalue weighted by Gasteiger charge is -2.18. The Labute approximate surface area is 127 Å². The third kappa shape index (κ3) is 3.74. The Bertz CT molecular complexity index is 715. The number of ether oxygens (including phenoxy) is 1. The second-order valence-corrected chi connectivity index (χ2v) is 6.79. The molecule has 1 amide bonds. The Kier molecular flexibility index (Phi) is 4.38. The summed E-state index contributed by atoms with van der Waals surface area (Å²) in [5.74, 6) is -1.82. The number of aromatic carboxylic acids is 1. The van der Waals surface area contributed by atoms with E-state index in [1.807, 2.05) is 0 Å². The topological polar surface area (TPSA) is 127 Å². The Hall–Kier alpha value is -2.13. The molecule has 1 aromatic rings.